The van der Waals surface area contributed by atoms with Crippen LogP contribution >= 0.6 is 0 Å². The number of amides is 1. The van der Waals surface area contributed by atoms with E-state index in [1.54, 1.807) is 48.5 Å². The predicted molar refractivity (Wildman–Crippen MR) is 81.7 cm³/mol. The molecule has 0 aromatic heterocycles. The van der Waals surface area contributed by atoms with E-state index < -0.39 is 0 Å². The topological polar surface area (TPSA) is 79.2 Å². The average molecular weight is 294 g/mol. The van der Waals surface area contributed by atoms with Gasteiger partial charge in [0.05, 0.1) is 17.3 Å². The molecule has 0 saturated heterocycles. The number of nitrogens with one attached hydrogen (secondary N) is 1. The normalized spacial score (nSPS) is 9.64. The predicted octanol–water partition coefficient (Wildman–Crippen LogP) is 2.78. The lowest BCUT2D eigenvalue weighted by atomic mass is 10.1. The molecule has 2 rings (SSSR count). The fourth-order valence-electron chi connectivity index (χ4n) is 1.89. The molecule has 1 amide bonds. The van der Waals surface area contributed by atoms with Crippen LogP contribution in [0.15, 0.2) is 48.5 Å². The van der Waals surface area contributed by atoms with Crippen LogP contribution in [-0.4, -0.2) is 18.3 Å². The molecule has 0 unspecified atom stereocenters. The summed E-state index contributed by atoms with van der Waals surface area (Å²) in [5.74, 6) is -0.0661. The molecule has 0 aliphatic heterocycles. The van der Waals surface area contributed by atoms with Crippen molar-refractivity contribution in [2.24, 2.45) is 0 Å². The highest BCUT2D eigenvalue weighted by molar-refractivity contribution is 6.03. The molecule has 0 aliphatic rings. The molecule has 0 fully saturated rings. The highest BCUT2D eigenvalue weighted by Gasteiger charge is 2.10. The van der Waals surface area contributed by atoms with Crippen molar-refractivity contribution in [3.05, 3.63) is 59.7 Å². The van der Waals surface area contributed by atoms with E-state index in [-0.39, 0.29) is 18.3 Å². The van der Waals surface area contributed by atoms with Crippen molar-refractivity contribution in [2.45, 2.75) is 6.92 Å². The maximum absolute atomic E-state index is 11.9. The maximum Gasteiger partial charge on any atom is 0.262 e. The third kappa shape index (κ3) is 3.93. The number of hydrogen-bond acceptors (Lipinski definition) is 4. The summed E-state index contributed by atoms with van der Waals surface area (Å²) in [6.07, 6.45) is 0. The van der Waals surface area contributed by atoms with Crippen molar-refractivity contribution in [2.75, 3.05) is 11.9 Å². The number of benzene rings is 2. The largest absolute Gasteiger partial charge is 0.484 e. The van der Waals surface area contributed by atoms with Gasteiger partial charge in [0.1, 0.15) is 5.75 Å². The molecule has 0 bridgehead atoms. The summed E-state index contributed by atoms with van der Waals surface area (Å²) in [7, 11) is 0. The zero-order chi connectivity index (χ0) is 15.9. The minimum Gasteiger partial charge on any atom is -0.484 e. The number of Topliss-reactive ketones (excluding diaryl/α,β-unsaturated/α-hetero) is 1. The van der Waals surface area contributed by atoms with Gasteiger partial charge in [-0.15, -0.1) is 0 Å². The number of carbonyl (C=O) groups excluding carboxylic acids is 2. The Morgan fingerprint density at radius 2 is 1.95 bits per heavy atom. The molecule has 0 aliphatic carbocycles. The summed E-state index contributed by atoms with van der Waals surface area (Å²) in [4.78, 5) is 23.4. The number of carbonyl (C=O) groups is 2. The molecule has 0 radical (unpaired) electrons. The van der Waals surface area contributed by atoms with E-state index in [2.05, 4.69) is 5.32 Å². The van der Waals surface area contributed by atoms with E-state index in [1.165, 1.54) is 6.92 Å². The number of hydrogen-bond donors (Lipinski definition) is 1. The van der Waals surface area contributed by atoms with Gasteiger partial charge in [-0.3, -0.25) is 9.59 Å². The molecule has 2 aromatic rings. The smallest absolute Gasteiger partial charge is 0.262 e. The van der Waals surface area contributed by atoms with Crippen molar-refractivity contribution in [1.29, 1.82) is 5.26 Å². The molecule has 2 aromatic carbocycles. The molecule has 1 N–H and O–H groups in total. The van der Waals surface area contributed by atoms with Gasteiger partial charge in [-0.05, 0) is 37.3 Å². The Morgan fingerprint density at radius 1 is 1.18 bits per heavy atom. The van der Waals surface area contributed by atoms with Crippen LogP contribution in [0.5, 0.6) is 5.75 Å². The molecule has 22 heavy (non-hydrogen) atoms. The maximum atomic E-state index is 11.9. The highest BCUT2D eigenvalue weighted by Crippen LogP contribution is 2.16. The van der Waals surface area contributed by atoms with Gasteiger partial charge in [-0.2, -0.15) is 5.26 Å². The van der Waals surface area contributed by atoms with Crippen molar-refractivity contribution in [3.8, 4) is 11.8 Å². The van der Waals surface area contributed by atoms with Gasteiger partial charge in [-0.1, -0.05) is 18.2 Å². The van der Waals surface area contributed by atoms with E-state index in [1.807, 2.05) is 6.07 Å². The fraction of sp³-hybridized carbons (Fsp3) is 0.118. The first-order valence-corrected chi connectivity index (χ1v) is 6.63. The standard InChI is InChI=1S/C17H14N2O3/c1-12(20)15-7-2-3-8-16(15)19-17(21)11-22-14-6-4-5-13(9-14)10-18/h2-9H,11H2,1H3,(H,19,21). The van der Waals surface area contributed by atoms with Gasteiger partial charge < -0.3 is 10.1 Å². The van der Waals surface area contributed by atoms with Crippen molar-refractivity contribution in [1.82, 2.24) is 0 Å². The van der Waals surface area contributed by atoms with E-state index in [9.17, 15) is 9.59 Å². The zero-order valence-electron chi connectivity index (χ0n) is 12.0. The lowest BCUT2D eigenvalue weighted by molar-refractivity contribution is -0.118. The molecule has 0 heterocycles. The van der Waals surface area contributed by atoms with Crippen LogP contribution < -0.4 is 10.1 Å². The number of anilines is 1. The number of rotatable bonds is 5. The summed E-state index contributed by atoms with van der Waals surface area (Å²) in [5, 5.41) is 11.4. The van der Waals surface area contributed by atoms with Crippen molar-refractivity contribution < 1.29 is 14.3 Å². The summed E-state index contributed by atoms with van der Waals surface area (Å²) in [5.41, 5.74) is 1.36. The minimum absolute atomic E-state index is 0.126. The second-order valence-corrected chi connectivity index (χ2v) is 4.58. The van der Waals surface area contributed by atoms with E-state index in [0.29, 0.717) is 22.6 Å². The lowest BCUT2D eigenvalue weighted by Crippen LogP contribution is -2.21. The average Bonchev–Trinajstić information content (AvgIpc) is 2.53. The van der Waals surface area contributed by atoms with Gasteiger partial charge in [0.2, 0.25) is 0 Å². The highest BCUT2D eigenvalue weighted by atomic mass is 16.5. The lowest BCUT2D eigenvalue weighted by Gasteiger charge is -2.10. The Bertz CT molecular complexity index is 748. The van der Waals surface area contributed by atoms with Gasteiger partial charge >= 0.3 is 0 Å². The quantitative estimate of drug-likeness (QED) is 0.860. The molecular weight excluding hydrogens is 280 g/mol. The van der Waals surface area contributed by atoms with Crippen molar-refractivity contribution in [3.63, 3.8) is 0 Å². The molecule has 0 atom stereocenters. The van der Waals surface area contributed by atoms with E-state index in [4.69, 9.17) is 10.00 Å². The first-order chi connectivity index (χ1) is 10.6. The Balaban J connectivity index is 1.99. The Labute approximate surface area is 128 Å². The van der Waals surface area contributed by atoms with Gasteiger partial charge in [0.15, 0.2) is 12.4 Å². The fourth-order valence-corrected chi connectivity index (χ4v) is 1.89. The molecule has 110 valence electrons. The van der Waals surface area contributed by atoms with E-state index in [0.717, 1.165) is 0 Å². The van der Waals surface area contributed by atoms with Crippen LogP contribution in [0.1, 0.15) is 22.8 Å². The van der Waals surface area contributed by atoms with Crippen LogP contribution in [-0.2, 0) is 4.79 Å². The van der Waals surface area contributed by atoms with Crippen LogP contribution in [0.3, 0.4) is 0 Å². The zero-order valence-corrected chi connectivity index (χ0v) is 12.0. The Morgan fingerprint density at radius 3 is 2.68 bits per heavy atom. The second kappa shape index (κ2) is 7.04. The molecule has 5 nitrogen and oxygen atoms in total. The summed E-state index contributed by atoms with van der Waals surface area (Å²) >= 11 is 0. The number of para-hydroxylation sites is 1. The van der Waals surface area contributed by atoms with Crippen LogP contribution in [0.25, 0.3) is 0 Å². The summed E-state index contributed by atoms with van der Waals surface area (Å²) < 4.78 is 5.33. The van der Waals surface area contributed by atoms with Gasteiger partial charge in [0, 0.05) is 5.56 Å². The third-order valence-electron chi connectivity index (χ3n) is 2.91. The van der Waals surface area contributed by atoms with Gasteiger partial charge in [0.25, 0.3) is 5.91 Å². The number of nitrogens with zero attached hydrogens (tertiary/aromatic N) is 1. The molecule has 5 heteroatoms. The molecular formula is C17H14N2O3. The van der Waals surface area contributed by atoms with Crippen LogP contribution in [0.2, 0.25) is 0 Å². The monoisotopic (exact) mass is 294 g/mol. The molecule has 0 spiro atoms. The minimum atomic E-state index is -0.379. The Hall–Kier alpha value is -3.13. The third-order valence-corrected chi connectivity index (χ3v) is 2.91. The van der Waals surface area contributed by atoms with Crippen molar-refractivity contribution >= 4 is 17.4 Å². The van der Waals surface area contributed by atoms with Gasteiger partial charge in [-0.25, -0.2) is 0 Å². The summed E-state index contributed by atoms with van der Waals surface area (Å²) in [6.45, 7) is 1.23. The van der Waals surface area contributed by atoms with Crippen LogP contribution in [0.4, 0.5) is 5.69 Å². The number of ketones is 1. The SMILES string of the molecule is CC(=O)c1ccccc1NC(=O)COc1cccc(C#N)c1. The first kappa shape index (κ1) is 15.3. The second-order valence-electron chi connectivity index (χ2n) is 4.58. The van der Waals surface area contributed by atoms with E-state index >= 15 is 0 Å². The van der Waals surface area contributed by atoms with Crippen LogP contribution in [0, 0.1) is 11.3 Å². The summed E-state index contributed by atoms with van der Waals surface area (Å²) in [6, 6.07) is 15.3. The Kier molecular flexibility index (Phi) is 4.89. The number of nitriles is 1. The first-order valence-electron chi connectivity index (χ1n) is 6.63. The molecule has 0 saturated carbocycles. The number of ether oxygens (including phenoxy) is 1.